The summed E-state index contributed by atoms with van der Waals surface area (Å²) in [5.74, 6) is -0.155. The number of anilines is 1. The number of aromatic nitrogens is 1. The van der Waals surface area contributed by atoms with Gasteiger partial charge in [-0.1, -0.05) is 41.4 Å². The van der Waals surface area contributed by atoms with Crippen LogP contribution in [0.5, 0.6) is 0 Å². The van der Waals surface area contributed by atoms with Crippen LogP contribution in [-0.4, -0.2) is 10.9 Å². The Morgan fingerprint density at radius 1 is 1.21 bits per heavy atom. The Morgan fingerprint density at radius 2 is 2.00 bits per heavy atom. The lowest BCUT2D eigenvalue weighted by atomic mass is 10.1. The minimum Gasteiger partial charge on any atom is -0.326 e. The van der Waals surface area contributed by atoms with Gasteiger partial charge >= 0.3 is 0 Å². The average molecular weight is 378 g/mol. The molecule has 0 aliphatic carbocycles. The maximum Gasteiger partial charge on any atom is 0.228 e. The number of benzene rings is 2. The van der Waals surface area contributed by atoms with Crippen LogP contribution in [0, 0.1) is 0 Å². The van der Waals surface area contributed by atoms with Crippen molar-refractivity contribution >= 4 is 57.5 Å². The van der Waals surface area contributed by atoms with Gasteiger partial charge in [0, 0.05) is 32.6 Å². The summed E-state index contributed by atoms with van der Waals surface area (Å²) in [5.41, 5.74) is 1.43. The third kappa shape index (κ3) is 3.82. The van der Waals surface area contributed by atoms with E-state index in [0.717, 1.165) is 33.2 Å². The standard InChI is InChI=1S/C17H13Cl2N3OS/c18-14-4-2-1-3-10(14)6-17(23)22-12-5-11-9-21-16(19)8-13(11)15(7-12)24-20/h1-5,7-9H,6,20H2,(H,22,23). The molecule has 0 spiro atoms. The van der Waals surface area contributed by atoms with E-state index in [2.05, 4.69) is 10.3 Å². The van der Waals surface area contributed by atoms with Gasteiger partial charge in [-0.05, 0) is 41.8 Å². The zero-order chi connectivity index (χ0) is 17.1. The molecule has 1 aromatic heterocycles. The third-order valence-corrected chi connectivity index (χ3v) is 4.65. The second kappa shape index (κ2) is 7.40. The molecule has 0 aliphatic rings. The van der Waals surface area contributed by atoms with Crippen molar-refractivity contribution in [1.82, 2.24) is 4.98 Å². The smallest absolute Gasteiger partial charge is 0.228 e. The lowest BCUT2D eigenvalue weighted by Crippen LogP contribution is -2.14. The predicted molar refractivity (Wildman–Crippen MR) is 101 cm³/mol. The van der Waals surface area contributed by atoms with Gasteiger partial charge in [0.15, 0.2) is 0 Å². The molecule has 0 saturated carbocycles. The number of nitrogens with zero attached hydrogens (tertiary/aromatic N) is 1. The summed E-state index contributed by atoms with van der Waals surface area (Å²) in [6.45, 7) is 0. The first-order chi connectivity index (χ1) is 11.6. The van der Waals surface area contributed by atoms with Crippen molar-refractivity contribution in [3.8, 4) is 0 Å². The van der Waals surface area contributed by atoms with Crippen molar-refractivity contribution in [1.29, 1.82) is 0 Å². The van der Waals surface area contributed by atoms with Crippen molar-refractivity contribution in [2.75, 3.05) is 5.32 Å². The molecule has 0 aliphatic heterocycles. The predicted octanol–water partition coefficient (Wildman–Crippen LogP) is 4.69. The summed E-state index contributed by atoms with van der Waals surface area (Å²) < 4.78 is 0. The van der Waals surface area contributed by atoms with Crippen molar-refractivity contribution < 1.29 is 4.79 Å². The maximum absolute atomic E-state index is 12.3. The average Bonchev–Trinajstić information content (AvgIpc) is 2.56. The second-order valence-corrected chi connectivity index (χ2v) is 6.61. The number of pyridine rings is 1. The number of rotatable bonds is 4. The van der Waals surface area contributed by atoms with E-state index >= 15 is 0 Å². The van der Waals surface area contributed by atoms with Gasteiger partial charge in [-0.3, -0.25) is 9.93 Å². The van der Waals surface area contributed by atoms with Gasteiger partial charge < -0.3 is 5.32 Å². The number of hydrogen-bond donors (Lipinski definition) is 2. The molecule has 1 heterocycles. The molecule has 0 atom stereocenters. The maximum atomic E-state index is 12.3. The first-order valence-corrected chi connectivity index (χ1v) is 8.69. The molecule has 122 valence electrons. The van der Waals surface area contributed by atoms with Crippen LogP contribution < -0.4 is 10.5 Å². The van der Waals surface area contributed by atoms with Crippen LogP contribution in [-0.2, 0) is 11.2 Å². The molecule has 3 aromatic rings. The summed E-state index contributed by atoms with van der Waals surface area (Å²) in [6.07, 6.45) is 1.85. The summed E-state index contributed by atoms with van der Waals surface area (Å²) in [4.78, 5) is 17.2. The number of hydrogen-bond acceptors (Lipinski definition) is 4. The molecular formula is C17H13Cl2N3OS. The van der Waals surface area contributed by atoms with Gasteiger partial charge in [0.1, 0.15) is 5.15 Å². The molecule has 3 rings (SSSR count). The van der Waals surface area contributed by atoms with Gasteiger partial charge in [-0.2, -0.15) is 0 Å². The highest BCUT2D eigenvalue weighted by Crippen LogP contribution is 2.30. The topological polar surface area (TPSA) is 68.0 Å². The fraction of sp³-hybridized carbons (Fsp3) is 0.0588. The molecular weight excluding hydrogens is 365 g/mol. The van der Waals surface area contributed by atoms with Crippen LogP contribution in [0.3, 0.4) is 0 Å². The Bertz CT molecular complexity index is 917. The normalized spacial score (nSPS) is 10.8. The monoisotopic (exact) mass is 377 g/mol. The summed E-state index contributed by atoms with van der Waals surface area (Å²) in [7, 11) is 0. The Morgan fingerprint density at radius 3 is 2.75 bits per heavy atom. The van der Waals surface area contributed by atoms with E-state index in [1.807, 2.05) is 30.3 Å². The molecule has 1 amide bonds. The SMILES string of the molecule is NSc1cc(NC(=O)Cc2ccccc2Cl)cc2cnc(Cl)cc12. The number of carbonyl (C=O) groups is 1. The van der Waals surface area contributed by atoms with Gasteiger partial charge in [0.2, 0.25) is 5.91 Å². The molecule has 7 heteroatoms. The Labute approximate surface area is 153 Å². The number of amides is 1. The van der Waals surface area contributed by atoms with E-state index < -0.39 is 0 Å². The molecule has 24 heavy (non-hydrogen) atoms. The number of nitrogens with one attached hydrogen (secondary N) is 1. The molecule has 0 radical (unpaired) electrons. The summed E-state index contributed by atoms with van der Waals surface area (Å²) in [5, 5.41) is 11.3. The third-order valence-electron chi connectivity index (χ3n) is 3.48. The fourth-order valence-electron chi connectivity index (χ4n) is 2.39. The van der Waals surface area contributed by atoms with E-state index in [-0.39, 0.29) is 12.3 Å². The molecule has 3 N–H and O–H groups in total. The molecule has 0 unspecified atom stereocenters. The Kier molecular flexibility index (Phi) is 5.26. The van der Waals surface area contributed by atoms with E-state index in [1.165, 1.54) is 0 Å². The van der Waals surface area contributed by atoms with E-state index in [1.54, 1.807) is 18.3 Å². The van der Waals surface area contributed by atoms with Crippen molar-refractivity contribution in [3.63, 3.8) is 0 Å². The van der Waals surface area contributed by atoms with Crippen LogP contribution in [0.2, 0.25) is 10.2 Å². The van der Waals surface area contributed by atoms with Gasteiger partial charge in [-0.25, -0.2) is 4.98 Å². The van der Waals surface area contributed by atoms with Crippen molar-refractivity contribution in [2.24, 2.45) is 5.14 Å². The fourth-order valence-corrected chi connectivity index (χ4v) is 3.25. The second-order valence-electron chi connectivity index (χ2n) is 5.14. The van der Waals surface area contributed by atoms with Crippen molar-refractivity contribution in [3.05, 3.63) is 64.4 Å². The Balaban J connectivity index is 1.86. The van der Waals surface area contributed by atoms with Gasteiger partial charge in [-0.15, -0.1) is 0 Å². The highest BCUT2D eigenvalue weighted by Gasteiger charge is 2.10. The van der Waals surface area contributed by atoms with Crippen LogP contribution in [0.1, 0.15) is 5.56 Å². The largest absolute Gasteiger partial charge is 0.326 e. The quantitative estimate of drug-likeness (QED) is 0.511. The highest BCUT2D eigenvalue weighted by molar-refractivity contribution is 7.97. The van der Waals surface area contributed by atoms with Crippen molar-refractivity contribution in [2.45, 2.75) is 11.3 Å². The van der Waals surface area contributed by atoms with Crippen LogP contribution in [0.25, 0.3) is 10.8 Å². The van der Waals surface area contributed by atoms with Crippen LogP contribution >= 0.6 is 35.1 Å². The van der Waals surface area contributed by atoms with Gasteiger partial charge in [0.05, 0.1) is 6.42 Å². The number of nitrogens with two attached hydrogens (primary N) is 1. The molecule has 0 bridgehead atoms. The zero-order valence-corrected chi connectivity index (χ0v) is 14.8. The zero-order valence-electron chi connectivity index (χ0n) is 12.4. The molecule has 2 aromatic carbocycles. The number of carbonyl (C=O) groups excluding carboxylic acids is 1. The van der Waals surface area contributed by atoms with E-state index in [9.17, 15) is 4.79 Å². The molecule has 0 fully saturated rings. The number of fused-ring (bicyclic) bond motifs is 1. The summed E-state index contributed by atoms with van der Waals surface area (Å²) >= 11 is 13.1. The van der Waals surface area contributed by atoms with Crippen LogP contribution in [0.15, 0.2) is 53.6 Å². The highest BCUT2D eigenvalue weighted by atomic mass is 35.5. The molecule has 4 nitrogen and oxygen atoms in total. The lowest BCUT2D eigenvalue weighted by molar-refractivity contribution is -0.115. The first-order valence-electron chi connectivity index (χ1n) is 7.06. The summed E-state index contributed by atoms with van der Waals surface area (Å²) in [6, 6.07) is 12.7. The Hall–Kier alpha value is -1.79. The minimum absolute atomic E-state index is 0.155. The van der Waals surface area contributed by atoms with Gasteiger partial charge in [0.25, 0.3) is 0 Å². The minimum atomic E-state index is -0.155. The molecule has 0 saturated heterocycles. The van der Waals surface area contributed by atoms with Crippen LogP contribution in [0.4, 0.5) is 5.69 Å². The lowest BCUT2D eigenvalue weighted by Gasteiger charge is -2.10. The first kappa shape index (κ1) is 17.0. The van der Waals surface area contributed by atoms with E-state index in [0.29, 0.717) is 15.9 Å². The number of halogens is 2. The van der Waals surface area contributed by atoms with E-state index in [4.69, 9.17) is 28.3 Å².